The monoisotopic (exact) mass is 505 g/mol. The lowest BCUT2D eigenvalue weighted by Crippen LogP contribution is -2.45. The van der Waals surface area contributed by atoms with Crippen LogP contribution < -0.4 is 10.6 Å². The highest BCUT2D eigenvalue weighted by Crippen LogP contribution is 2.27. The number of likely N-dealkylation sites (tertiary alicyclic amines) is 1. The zero-order valence-corrected chi connectivity index (χ0v) is 20.1. The molecule has 0 bridgehead atoms. The summed E-state index contributed by atoms with van der Waals surface area (Å²) < 4.78 is 0. The molecule has 0 aromatic rings. The molecule has 1 heterocycles. The van der Waals surface area contributed by atoms with Crippen LogP contribution >= 0.6 is 24.0 Å². The van der Waals surface area contributed by atoms with Gasteiger partial charge < -0.3 is 20.4 Å². The normalized spacial score (nSPS) is 24.0. The summed E-state index contributed by atoms with van der Waals surface area (Å²) in [6.07, 6.45) is 11.1. The topological polar surface area (TPSA) is 60.0 Å². The van der Waals surface area contributed by atoms with Crippen LogP contribution in [0.4, 0.5) is 0 Å². The molecule has 28 heavy (non-hydrogen) atoms. The predicted octanol–water partition coefficient (Wildman–Crippen LogP) is 2.83. The third kappa shape index (κ3) is 6.75. The molecule has 1 amide bonds. The van der Waals surface area contributed by atoms with Crippen LogP contribution in [0, 0.1) is 5.92 Å². The molecule has 3 fully saturated rings. The molecule has 2 N–H and O–H groups in total. The van der Waals surface area contributed by atoms with Crippen molar-refractivity contribution < 1.29 is 4.79 Å². The summed E-state index contributed by atoms with van der Waals surface area (Å²) in [6.45, 7) is 6.50. The van der Waals surface area contributed by atoms with Gasteiger partial charge in [-0.1, -0.05) is 25.7 Å². The first-order valence-corrected chi connectivity index (χ1v) is 11.2. The van der Waals surface area contributed by atoms with Gasteiger partial charge in [-0.05, 0) is 46.1 Å². The van der Waals surface area contributed by atoms with E-state index in [2.05, 4.69) is 34.4 Å². The molecule has 162 valence electrons. The van der Waals surface area contributed by atoms with Crippen LogP contribution in [-0.4, -0.2) is 73.5 Å². The second kappa shape index (κ2) is 12.2. The molecule has 0 radical (unpaired) electrons. The third-order valence-electron chi connectivity index (χ3n) is 6.56. The standard InChI is InChI=1S/C21H39N5O.HI/c1-3-22-21(23-13-15-25(2)19-10-6-7-11-19)24-18-12-14-26(16-18)20(27)17-8-4-5-9-17;/h17-19H,3-16H2,1-2H3,(H2,22,23,24);1H. The Morgan fingerprint density at radius 2 is 1.79 bits per heavy atom. The first-order chi connectivity index (χ1) is 13.2. The fraction of sp³-hybridized carbons (Fsp3) is 0.905. The van der Waals surface area contributed by atoms with E-state index in [-0.39, 0.29) is 29.9 Å². The molecule has 0 aromatic carbocycles. The Labute approximate surface area is 188 Å². The van der Waals surface area contributed by atoms with Crippen molar-refractivity contribution in [1.29, 1.82) is 0 Å². The van der Waals surface area contributed by atoms with Gasteiger partial charge in [-0.15, -0.1) is 24.0 Å². The molecule has 1 unspecified atom stereocenters. The van der Waals surface area contributed by atoms with Gasteiger partial charge in [-0.2, -0.15) is 0 Å². The Hall–Kier alpha value is -0.570. The Kier molecular flexibility index (Phi) is 10.3. The minimum atomic E-state index is 0. The lowest BCUT2D eigenvalue weighted by Gasteiger charge is -2.23. The zero-order valence-electron chi connectivity index (χ0n) is 17.8. The zero-order chi connectivity index (χ0) is 19.1. The van der Waals surface area contributed by atoms with Gasteiger partial charge in [0.15, 0.2) is 5.96 Å². The molecule has 2 saturated carbocycles. The van der Waals surface area contributed by atoms with Crippen LogP contribution in [-0.2, 0) is 4.79 Å². The third-order valence-corrected chi connectivity index (χ3v) is 6.56. The molecule has 3 aliphatic rings. The van der Waals surface area contributed by atoms with E-state index in [0.717, 1.165) is 64.0 Å². The predicted molar refractivity (Wildman–Crippen MR) is 126 cm³/mol. The Balaban J connectivity index is 0.00000280. The van der Waals surface area contributed by atoms with Crippen molar-refractivity contribution in [3.05, 3.63) is 0 Å². The number of likely N-dealkylation sites (N-methyl/N-ethyl adjacent to an activating group) is 1. The maximum atomic E-state index is 12.6. The molecule has 1 aliphatic heterocycles. The van der Waals surface area contributed by atoms with Crippen LogP contribution in [0.5, 0.6) is 0 Å². The number of carbonyl (C=O) groups excluding carboxylic acids is 1. The van der Waals surface area contributed by atoms with Crippen molar-refractivity contribution in [2.24, 2.45) is 10.9 Å². The molecule has 1 saturated heterocycles. The van der Waals surface area contributed by atoms with Crippen molar-refractivity contribution in [3.8, 4) is 0 Å². The number of amides is 1. The van der Waals surface area contributed by atoms with Gasteiger partial charge in [0.05, 0.1) is 6.54 Å². The number of carbonyl (C=O) groups is 1. The average Bonchev–Trinajstić information content (AvgIpc) is 3.42. The number of nitrogens with one attached hydrogen (secondary N) is 2. The van der Waals surface area contributed by atoms with Crippen LogP contribution in [0.25, 0.3) is 0 Å². The van der Waals surface area contributed by atoms with E-state index in [4.69, 9.17) is 4.99 Å². The fourth-order valence-corrected chi connectivity index (χ4v) is 4.87. The van der Waals surface area contributed by atoms with Gasteiger partial charge in [0.1, 0.15) is 0 Å². The summed E-state index contributed by atoms with van der Waals surface area (Å²) in [5, 5.41) is 6.93. The van der Waals surface area contributed by atoms with Gasteiger partial charge in [0, 0.05) is 44.2 Å². The molecular weight excluding hydrogens is 465 g/mol. The van der Waals surface area contributed by atoms with Gasteiger partial charge in [-0.25, -0.2) is 0 Å². The van der Waals surface area contributed by atoms with E-state index in [1.165, 1.54) is 38.5 Å². The summed E-state index contributed by atoms with van der Waals surface area (Å²) in [4.78, 5) is 22.0. The molecule has 7 heteroatoms. The van der Waals surface area contributed by atoms with E-state index in [1.807, 2.05) is 0 Å². The summed E-state index contributed by atoms with van der Waals surface area (Å²) >= 11 is 0. The van der Waals surface area contributed by atoms with Crippen LogP contribution in [0.15, 0.2) is 4.99 Å². The van der Waals surface area contributed by atoms with Crippen LogP contribution in [0.2, 0.25) is 0 Å². The van der Waals surface area contributed by atoms with Crippen LogP contribution in [0.1, 0.15) is 64.7 Å². The number of nitrogens with zero attached hydrogens (tertiary/aromatic N) is 3. The number of guanidine groups is 1. The number of halogens is 1. The molecule has 6 nitrogen and oxygen atoms in total. The number of aliphatic imine (C=N–C) groups is 1. The van der Waals surface area contributed by atoms with Crippen molar-refractivity contribution >= 4 is 35.8 Å². The maximum Gasteiger partial charge on any atom is 0.225 e. The minimum Gasteiger partial charge on any atom is -0.357 e. The van der Waals surface area contributed by atoms with E-state index in [0.29, 0.717) is 11.9 Å². The maximum absolute atomic E-state index is 12.6. The first kappa shape index (κ1) is 23.7. The van der Waals surface area contributed by atoms with Crippen LogP contribution in [0.3, 0.4) is 0 Å². The highest BCUT2D eigenvalue weighted by atomic mass is 127. The summed E-state index contributed by atoms with van der Waals surface area (Å²) in [5.74, 6) is 1.58. The highest BCUT2D eigenvalue weighted by molar-refractivity contribution is 14.0. The smallest absolute Gasteiger partial charge is 0.225 e. The molecular formula is C21H40IN5O. The van der Waals surface area contributed by atoms with Gasteiger partial charge in [-0.3, -0.25) is 9.79 Å². The second-order valence-electron chi connectivity index (χ2n) is 8.58. The summed E-state index contributed by atoms with van der Waals surface area (Å²) in [6, 6.07) is 1.07. The second-order valence-corrected chi connectivity index (χ2v) is 8.58. The van der Waals surface area contributed by atoms with Gasteiger partial charge >= 0.3 is 0 Å². The molecule has 0 aromatic heterocycles. The first-order valence-electron chi connectivity index (χ1n) is 11.2. The molecule has 1 atom stereocenters. The average molecular weight is 505 g/mol. The highest BCUT2D eigenvalue weighted by Gasteiger charge is 2.32. The van der Waals surface area contributed by atoms with E-state index in [9.17, 15) is 4.79 Å². The van der Waals surface area contributed by atoms with E-state index < -0.39 is 0 Å². The quantitative estimate of drug-likeness (QED) is 0.318. The molecule has 0 spiro atoms. The van der Waals surface area contributed by atoms with Crippen molar-refractivity contribution in [2.75, 3.05) is 39.8 Å². The minimum absolute atomic E-state index is 0. The van der Waals surface area contributed by atoms with Gasteiger partial charge in [0.25, 0.3) is 0 Å². The van der Waals surface area contributed by atoms with E-state index >= 15 is 0 Å². The Morgan fingerprint density at radius 3 is 2.46 bits per heavy atom. The van der Waals surface area contributed by atoms with Crippen molar-refractivity contribution in [1.82, 2.24) is 20.4 Å². The largest absolute Gasteiger partial charge is 0.357 e. The lowest BCUT2D eigenvalue weighted by molar-refractivity contribution is -0.134. The van der Waals surface area contributed by atoms with E-state index in [1.54, 1.807) is 0 Å². The number of hydrogen-bond acceptors (Lipinski definition) is 3. The summed E-state index contributed by atoms with van der Waals surface area (Å²) in [7, 11) is 2.23. The number of hydrogen-bond donors (Lipinski definition) is 2. The number of rotatable bonds is 7. The van der Waals surface area contributed by atoms with Crippen molar-refractivity contribution in [2.45, 2.75) is 76.8 Å². The van der Waals surface area contributed by atoms with Crippen molar-refractivity contribution in [3.63, 3.8) is 0 Å². The fourth-order valence-electron chi connectivity index (χ4n) is 4.87. The lowest BCUT2D eigenvalue weighted by atomic mass is 10.1. The summed E-state index contributed by atoms with van der Waals surface area (Å²) in [5.41, 5.74) is 0. The van der Waals surface area contributed by atoms with Gasteiger partial charge in [0.2, 0.25) is 5.91 Å². The molecule has 3 rings (SSSR count). The Bertz CT molecular complexity index is 503. The Morgan fingerprint density at radius 1 is 1.11 bits per heavy atom. The molecule has 2 aliphatic carbocycles. The SMILES string of the molecule is CCNC(=NCCN(C)C1CCCC1)NC1CCN(C(=O)C2CCCC2)C1.I.